The molecule has 2 aromatic carbocycles. The maximum absolute atomic E-state index is 13.1. The lowest BCUT2D eigenvalue weighted by Crippen LogP contribution is -2.30. The minimum absolute atomic E-state index is 0.0807. The van der Waals surface area contributed by atoms with Crippen molar-refractivity contribution in [2.24, 2.45) is 0 Å². The van der Waals surface area contributed by atoms with E-state index in [2.05, 4.69) is 16.9 Å². The average molecular weight is 343 g/mol. The highest BCUT2D eigenvalue weighted by atomic mass is 16.2. The molecular formula is C22H21N3O. The van der Waals surface area contributed by atoms with Crippen LogP contribution in [0.4, 0.5) is 11.5 Å². The minimum atomic E-state index is -0.0807. The van der Waals surface area contributed by atoms with Crippen molar-refractivity contribution < 1.29 is 4.79 Å². The van der Waals surface area contributed by atoms with Crippen molar-refractivity contribution in [3.63, 3.8) is 0 Å². The van der Waals surface area contributed by atoms with E-state index in [9.17, 15) is 4.79 Å². The summed E-state index contributed by atoms with van der Waals surface area (Å²) in [7, 11) is 0. The van der Waals surface area contributed by atoms with Gasteiger partial charge in [0.1, 0.15) is 5.82 Å². The molecule has 3 aromatic rings. The van der Waals surface area contributed by atoms with Gasteiger partial charge in [0.2, 0.25) is 0 Å². The number of rotatable bonds is 7. The first-order valence-electron chi connectivity index (χ1n) is 8.49. The van der Waals surface area contributed by atoms with Crippen LogP contribution in [0.15, 0.2) is 91.6 Å². The molecule has 1 heterocycles. The Morgan fingerprint density at radius 1 is 1.00 bits per heavy atom. The van der Waals surface area contributed by atoms with E-state index in [1.807, 2.05) is 66.7 Å². The molecule has 1 N–H and O–H groups in total. The van der Waals surface area contributed by atoms with E-state index in [1.54, 1.807) is 23.2 Å². The van der Waals surface area contributed by atoms with Crippen LogP contribution in [0.3, 0.4) is 0 Å². The van der Waals surface area contributed by atoms with E-state index < -0.39 is 0 Å². The largest absolute Gasteiger partial charge is 0.367 e. The Bertz CT molecular complexity index is 846. The van der Waals surface area contributed by atoms with Gasteiger partial charge in [-0.05, 0) is 29.8 Å². The van der Waals surface area contributed by atoms with E-state index in [0.717, 1.165) is 17.1 Å². The maximum Gasteiger partial charge on any atom is 0.260 e. The normalized spacial score (nSPS) is 10.2. The van der Waals surface area contributed by atoms with Gasteiger partial charge in [0.15, 0.2) is 0 Å². The smallest absolute Gasteiger partial charge is 0.260 e. The van der Waals surface area contributed by atoms with Gasteiger partial charge in [0, 0.05) is 18.4 Å². The lowest BCUT2D eigenvalue weighted by molar-refractivity contribution is 0.0985. The zero-order valence-electron chi connectivity index (χ0n) is 14.5. The van der Waals surface area contributed by atoms with Crippen LogP contribution in [0.5, 0.6) is 0 Å². The second-order valence-electron chi connectivity index (χ2n) is 5.81. The molecular weight excluding hydrogens is 322 g/mol. The van der Waals surface area contributed by atoms with E-state index in [0.29, 0.717) is 18.7 Å². The predicted molar refractivity (Wildman–Crippen MR) is 106 cm³/mol. The molecule has 3 rings (SSSR count). The number of nitrogens with zero attached hydrogens (tertiary/aromatic N) is 2. The average Bonchev–Trinajstić information content (AvgIpc) is 2.72. The summed E-state index contributed by atoms with van der Waals surface area (Å²) in [4.78, 5) is 19.2. The second kappa shape index (κ2) is 8.62. The van der Waals surface area contributed by atoms with Gasteiger partial charge in [-0.3, -0.25) is 4.79 Å². The Hall–Kier alpha value is -3.40. The van der Waals surface area contributed by atoms with Gasteiger partial charge < -0.3 is 10.2 Å². The fourth-order valence-electron chi connectivity index (χ4n) is 2.61. The van der Waals surface area contributed by atoms with Crippen LogP contribution in [0.1, 0.15) is 15.9 Å². The van der Waals surface area contributed by atoms with Crippen LogP contribution in [0.25, 0.3) is 0 Å². The fraction of sp³-hybridized carbons (Fsp3) is 0.0909. The quantitative estimate of drug-likeness (QED) is 0.641. The first kappa shape index (κ1) is 17.4. The number of benzene rings is 2. The fourth-order valence-corrected chi connectivity index (χ4v) is 2.61. The SMILES string of the molecule is C=CCNc1ccc(C(=O)N(Cc2ccccc2)c2ccccc2)cn1. The summed E-state index contributed by atoms with van der Waals surface area (Å²) in [6.45, 7) is 4.80. The molecule has 130 valence electrons. The highest BCUT2D eigenvalue weighted by Gasteiger charge is 2.18. The van der Waals surface area contributed by atoms with Crippen LogP contribution in [0, 0.1) is 0 Å². The number of amides is 1. The lowest BCUT2D eigenvalue weighted by atomic mass is 10.1. The standard InChI is InChI=1S/C22H21N3O/c1-2-15-23-21-14-13-19(16-24-21)22(26)25(20-11-7-4-8-12-20)17-18-9-5-3-6-10-18/h2-14,16H,1,15,17H2,(H,23,24). The zero-order valence-corrected chi connectivity index (χ0v) is 14.5. The summed E-state index contributed by atoms with van der Waals surface area (Å²) >= 11 is 0. The lowest BCUT2D eigenvalue weighted by Gasteiger charge is -2.23. The molecule has 0 unspecified atom stereocenters. The Kier molecular flexibility index (Phi) is 5.78. The van der Waals surface area contributed by atoms with Crippen molar-refractivity contribution in [2.45, 2.75) is 6.54 Å². The van der Waals surface area contributed by atoms with Crippen molar-refractivity contribution in [3.05, 3.63) is 103 Å². The molecule has 4 heteroatoms. The number of carbonyl (C=O) groups excluding carboxylic acids is 1. The van der Waals surface area contributed by atoms with Crippen LogP contribution in [0.2, 0.25) is 0 Å². The first-order valence-corrected chi connectivity index (χ1v) is 8.49. The molecule has 0 aliphatic carbocycles. The third-order valence-corrected chi connectivity index (χ3v) is 3.93. The molecule has 0 bridgehead atoms. The second-order valence-corrected chi connectivity index (χ2v) is 5.81. The van der Waals surface area contributed by atoms with Gasteiger partial charge in [-0.1, -0.05) is 54.6 Å². The van der Waals surface area contributed by atoms with E-state index in [4.69, 9.17) is 0 Å². The van der Waals surface area contributed by atoms with Crippen molar-refractivity contribution in [1.82, 2.24) is 4.98 Å². The van der Waals surface area contributed by atoms with Gasteiger partial charge in [-0.25, -0.2) is 4.98 Å². The monoisotopic (exact) mass is 343 g/mol. The molecule has 0 atom stereocenters. The third-order valence-electron chi connectivity index (χ3n) is 3.93. The van der Waals surface area contributed by atoms with E-state index in [-0.39, 0.29) is 5.91 Å². The van der Waals surface area contributed by atoms with Crippen LogP contribution >= 0.6 is 0 Å². The van der Waals surface area contributed by atoms with E-state index >= 15 is 0 Å². The predicted octanol–water partition coefficient (Wildman–Crippen LogP) is 4.53. The molecule has 1 aromatic heterocycles. The zero-order chi connectivity index (χ0) is 18.2. The summed E-state index contributed by atoms with van der Waals surface area (Å²) in [6, 6.07) is 23.2. The molecule has 0 saturated heterocycles. The van der Waals surface area contributed by atoms with Crippen molar-refractivity contribution in [3.8, 4) is 0 Å². The van der Waals surface area contributed by atoms with Crippen molar-refractivity contribution in [2.75, 3.05) is 16.8 Å². The van der Waals surface area contributed by atoms with Crippen LogP contribution in [-0.4, -0.2) is 17.4 Å². The van der Waals surface area contributed by atoms with Gasteiger partial charge in [-0.15, -0.1) is 6.58 Å². The Morgan fingerprint density at radius 3 is 2.31 bits per heavy atom. The topological polar surface area (TPSA) is 45.2 Å². The third kappa shape index (κ3) is 4.36. The molecule has 0 fully saturated rings. The molecule has 26 heavy (non-hydrogen) atoms. The summed E-state index contributed by atoms with van der Waals surface area (Å²) in [6.07, 6.45) is 3.37. The summed E-state index contributed by atoms with van der Waals surface area (Å²) in [5.41, 5.74) is 2.48. The summed E-state index contributed by atoms with van der Waals surface area (Å²) in [5.74, 6) is 0.638. The highest BCUT2D eigenvalue weighted by Crippen LogP contribution is 2.20. The number of hydrogen-bond donors (Lipinski definition) is 1. The Morgan fingerprint density at radius 2 is 1.69 bits per heavy atom. The molecule has 4 nitrogen and oxygen atoms in total. The van der Waals surface area contributed by atoms with Crippen LogP contribution in [-0.2, 0) is 6.54 Å². The van der Waals surface area contributed by atoms with Gasteiger partial charge >= 0.3 is 0 Å². The number of pyridine rings is 1. The molecule has 0 aliphatic heterocycles. The number of carbonyl (C=O) groups is 1. The molecule has 0 aliphatic rings. The van der Waals surface area contributed by atoms with Crippen molar-refractivity contribution >= 4 is 17.4 Å². The van der Waals surface area contributed by atoms with Crippen molar-refractivity contribution in [1.29, 1.82) is 0 Å². The Balaban J connectivity index is 1.86. The number of aromatic nitrogens is 1. The summed E-state index contributed by atoms with van der Waals surface area (Å²) < 4.78 is 0. The Labute approximate surface area is 153 Å². The van der Waals surface area contributed by atoms with Gasteiger partial charge in [-0.2, -0.15) is 0 Å². The highest BCUT2D eigenvalue weighted by molar-refractivity contribution is 6.05. The maximum atomic E-state index is 13.1. The summed E-state index contributed by atoms with van der Waals surface area (Å²) in [5, 5.41) is 3.11. The first-order chi connectivity index (χ1) is 12.8. The number of para-hydroxylation sites is 1. The number of nitrogens with one attached hydrogen (secondary N) is 1. The molecule has 0 saturated carbocycles. The van der Waals surface area contributed by atoms with Crippen LogP contribution < -0.4 is 10.2 Å². The molecule has 0 spiro atoms. The molecule has 1 amide bonds. The number of anilines is 2. The van der Waals surface area contributed by atoms with E-state index in [1.165, 1.54) is 0 Å². The number of hydrogen-bond acceptors (Lipinski definition) is 3. The van der Waals surface area contributed by atoms with Gasteiger partial charge in [0.25, 0.3) is 5.91 Å². The minimum Gasteiger partial charge on any atom is -0.367 e. The van der Waals surface area contributed by atoms with Gasteiger partial charge in [0.05, 0.1) is 12.1 Å². The molecule has 0 radical (unpaired) electrons.